The van der Waals surface area contributed by atoms with Crippen LogP contribution in [0.15, 0.2) is 23.0 Å². The lowest BCUT2D eigenvalue weighted by Gasteiger charge is -2.29. The predicted molar refractivity (Wildman–Crippen MR) is 104 cm³/mol. The number of ether oxygens (including phenoxy) is 1. The first-order valence-electron chi connectivity index (χ1n) is 8.96. The van der Waals surface area contributed by atoms with Crippen molar-refractivity contribution in [3.05, 3.63) is 28.7 Å². The number of hydrogen-bond donors (Lipinski definition) is 3. The molecule has 1 aromatic carbocycles. The number of imidazole rings is 1. The number of hydrogen-bond acceptors (Lipinski definition) is 6. The number of esters is 1. The van der Waals surface area contributed by atoms with E-state index in [1.807, 2.05) is 6.92 Å². The van der Waals surface area contributed by atoms with Gasteiger partial charge in [0, 0.05) is 17.9 Å². The van der Waals surface area contributed by atoms with E-state index in [9.17, 15) is 19.2 Å². The molecular formula is C18H20N4O5S. The standard InChI is InChI=1S/C18H20N4O5S/c1-9(15(24)19-10-3-4-11-12(7-10)21-17(26)20-11)27-16(25)13-8-28-18(2)6-5-14(23)22(13)18/h3-4,7,9,13H,5-6,8H2,1-2H3,(H,19,24)(H2,20,21,26)/t9-,13+,18+/m1/s1. The van der Waals surface area contributed by atoms with Crippen LogP contribution in [0, 0.1) is 0 Å². The minimum Gasteiger partial charge on any atom is -0.451 e. The number of nitrogens with zero attached hydrogens (tertiary/aromatic N) is 1. The van der Waals surface area contributed by atoms with E-state index in [1.165, 1.54) is 6.92 Å². The van der Waals surface area contributed by atoms with Crippen LogP contribution in [0.25, 0.3) is 11.0 Å². The summed E-state index contributed by atoms with van der Waals surface area (Å²) in [7, 11) is 0. The van der Waals surface area contributed by atoms with Crippen LogP contribution < -0.4 is 11.0 Å². The lowest BCUT2D eigenvalue weighted by atomic mass is 10.2. The summed E-state index contributed by atoms with van der Waals surface area (Å²) >= 11 is 1.57. The molecule has 1 aromatic heterocycles. The van der Waals surface area contributed by atoms with E-state index in [2.05, 4.69) is 15.3 Å². The van der Waals surface area contributed by atoms with Gasteiger partial charge in [-0.3, -0.25) is 9.59 Å². The Morgan fingerprint density at radius 1 is 1.32 bits per heavy atom. The average Bonchev–Trinajstić information content (AvgIpc) is 3.26. The quantitative estimate of drug-likeness (QED) is 0.658. The third kappa shape index (κ3) is 3.17. The molecule has 0 spiro atoms. The van der Waals surface area contributed by atoms with Crippen molar-refractivity contribution in [3.8, 4) is 0 Å². The van der Waals surface area contributed by atoms with Crippen molar-refractivity contribution in [2.75, 3.05) is 11.1 Å². The van der Waals surface area contributed by atoms with Crippen molar-refractivity contribution in [2.45, 2.75) is 43.7 Å². The molecule has 2 saturated heterocycles. The number of rotatable bonds is 4. The number of anilines is 1. The number of aromatic amines is 2. The Balaban J connectivity index is 1.40. The van der Waals surface area contributed by atoms with Gasteiger partial charge in [-0.2, -0.15) is 0 Å². The van der Waals surface area contributed by atoms with Gasteiger partial charge in [-0.1, -0.05) is 0 Å². The molecule has 2 fully saturated rings. The lowest BCUT2D eigenvalue weighted by Crippen LogP contribution is -2.48. The predicted octanol–water partition coefficient (Wildman–Crippen LogP) is 1.18. The zero-order valence-corrected chi connectivity index (χ0v) is 16.2. The van der Waals surface area contributed by atoms with E-state index >= 15 is 0 Å². The van der Waals surface area contributed by atoms with Crippen LogP contribution in [-0.2, 0) is 19.1 Å². The smallest absolute Gasteiger partial charge is 0.330 e. The van der Waals surface area contributed by atoms with Crippen molar-refractivity contribution >= 4 is 46.3 Å². The van der Waals surface area contributed by atoms with Gasteiger partial charge in [0.05, 0.1) is 15.9 Å². The average molecular weight is 404 g/mol. The molecule has 3 atom stereocenters. The van der Waals surface area contributed by atoms with E-state index in [4.69, 9.17) is 4.74 Å². The molecule has 28 heavy (non-hydrogen) atoms. The first kappa shape index (κ1) is 18.6. The monoisotopic (exact) mass is 404 g/mol. The summed E-state index contributed by atoms with van der Waals surface area (Å²) in [5.74, 6) is -0.654. The van der Waals surface area contributed by atoms with Crippen LogP contribution in [0.3, 0.4) is 0 Å². The molecule has 4 rings (SSSR count). The molecule has 0 saturated carbocycles. The van der Waals surface area contributed by atoms with Gasteiger partial charge in [0.1, 0.15) is 6.04 Å². The topological polar surface area (TPSA) is 124 Å². The Kier molecular flexibility index (Phi) is 4.45. The number of amides is 2. The highest BCUT2D eigenvalue weighted by atomic mass is 32.2. The highest BCUT2D eigenvalue weighted by Gasteiger charge is 2.53. The summed E-state index contributed by atoms with van der Waals surface area (Å²) in [4.78, 5) is 54.9. The second kappa shape index (κ2) is 6.69. The molecule has 2 aliphatic rings. The van der Waals surface area contributed by atoms with Crippen LogP contribution in [-0.4, -0.2) is 55.4 Å². The van der Waals surface area contributed by atoms with Crippen LogP contribution in [0.1, 0.15) is 26.7 Å². The van der Waals surface area contributed by atoms with Crippen LogP contribution in [0.4, 0.5) is 5.69 Å². The van der Waals surface area contributed by atoms with E-state index in [-0.39, 0.29) is 16.5 Å². The number of fused-ring (bicyclic) bond motifs is 2. The Labute approximate surface area is 164 Å². The van der Waals surface area contributed by atoms with Crippen LogP contribution >= 0.6 is 11.8 Å². The summed E-state index contributed by atoms with van der Waals surface area (Å²) in [5.41, 5.74) is 1.31. The van der Waals surface area contributed by atoms with Gasteiger partial charge in [0.25, 0.3) is 5.91 Å². The number of benzene rings is 1. The normalized spacial score (nSPS) is 25.0. The maximum atomic E-state index is 12.6. The van der Waals surface area contributed by atoms with Crippen molar-refractivity contribution < 1.29 is 19.1 Å². The molecule has 9 nitrogen and oxygen atoms in total. The van der Waals surface area contributed by atoms with Crippen LogP contribution in [0.5, 0.6) is 0 Å². The highest BCUT2D eigenvalue weighted by molar-refractivity contribution is 8.01. The Morgan fingerprint density at radius 2 is 2.07 bits per heavy atom. The molecule has 3 heterocycles. The molecular weight excluding hydrogens is 384 g/mol. The number of aromatic nitrogens is 2. The molecule has 2 amide bonds. The number of carbonyl (C=O) groups excluding carboxylic acids is 3. The second-order valence-corrected chi connectivity index (χ2v) is 8.67. The molecule has 0 radical (unpaired) electrons. The Morgan fingerprint density at radius 3 is 2.86 bits per heavy atom. The van der Waals surface area contributed by atoms with Gasteiger partial charge >= 0.3 is 11.7 Å². The van der Waals surface area contributed by atoms with Gasteiger partial charge in [-0.05, 0) is 38.5 Å². The summed E-state index contributed by atoms with van der Waals surface area (Å²) in [6.45, 7) is 3.44. The molecule has 2 aliphatic heterocycles. The van der Waals surface area contributed by atoms with E-state index in [0.29, 0.717) is 35.3 Å². The Hall–Kier alpha value is -2.75. The molecule has 148 valence electrons. The fourth-order valence-corrected chi connectivity index (χ4v) is 5.07. The molecule has 3 N–H and O–H groups in total. The third-order valence-electron chi connectivity index (χ3n) is 5.16. The zero-order chi connectivity index (χ0) is 20.1. The Bertz CT molecular complexity index is 1030. The third-order valence-corrected chi connectivity index (χ3v) is 6.67. The number of H-pyrrole nitrogens is 2. The first-order valence-corrected chi connectivity index (χ1v) is 9.95. The number of carbonyl (C=O) groups is 3. The second-order valence-electron chi connectivity index (χ2n) is 7.17. The molecule has 0 aliphatic carbocycles. The van der Waals surface area contributed by atoms with Gasteiger partial charge in [0.2, 0.25) is 5.91 Å². The molecule has 10 heteroatoms. The zero-order valence-electron chi connectivity index (χ0n) is 15.4. The van der Waals surface area contributed by atoms with Gasteiger partial charge in [0.15, 0.2) is 6.10 Å². The summed E-state index contributed by atoms with van der Waals surface area (Å²) < 4.78 is 5.34. The molecule has 0 unspecified atom stereocenters. The fraction of sp³-hybridized carbons (Fsp3) is 0.444. The minimum atomic E-state index is -1.02. The van der Waals surface area contributed by atoms with E-state index < -0.39 is 24.0 Å². The number of thioether (sulfide) groups is 1. The summed E-state index contributed by atoms with van der Waals surface area (Å²) in [6.07, 6.45) is 0.107. The van der Waals surface area contributed by atoms with Crippen molar-refractivity contribution in [1.82, 2.24) is 14.9 Å². The molecule has 2 aromatic rings. The minimum absolute atomic E-state index is 0.0552. The van der Waals surface area contributed by atoms with Gasteiger partial charge in [-0.15, -0.1) is 11.8 Å². The van der Waals surface area contributed by atoms with E-state index in [0.717, 1.165) is 0 Å². The number of nitrogens with one attached hydrogen (secondary N) is 3. The van der Waals surface area contributed by atoms with Crippen LogP contribution in [0.2, 0.25) is 0 Å². The first-order chi connectivity index (χ1) is 13.3. The van der Waals surface area contributed by atoms with Gasteiger partial charge < -0.3 is 24.9 Å². The van der Waals surface area contributed by atoms with Crippen molar-refractivity contribution in [3.63, 3.8) is 0 Å². The summed E-state index contributed by atoms with van der Waals surface area (Å²) in [6, 6.07) is 4.25. The van der Waals surface area contributed by atoms with Crippen molar-refractivity contribution in [2.24, 2.45) is 0 Å². The maximum absolute atomic E-state index is 12.6. The van der Waals surface area contributed by atoms with E-state index in [1.54, 1.807) is 34.9 Å². The lowest BCUT2D eigenvalue weighted by molar-refractivity contribution is -0.160. The maximum Gasteiger partial charge on any atom is 0.330 e. The molecule has 0 bridgehead atoms. The summed E-state index contributed by atoms with van der Waals surface area (Å²) in [5, 5.41) is 2.66. The van der Waals surface area contributed by atoms with Crippen molar-refractivity contribution in [1.29, 1.82) is 0 Å². The largest absolute Gasteiger partial charge is 0.451 e. The fourth-order valence-electron chi connectivity index (χ4n) is 3.66. The SMILES string of the molecule is C[C@@H](OC(=O)[C@@H]1CS[C@@]2(C)CCC(=O)N12)C(=O)Nc1ccc2[nH]c(=O)[nH]c2c1. The van der Waals surface area contributed by atoms with Gasteiger partial charge in [-0.25, -0.2) is 9.59 Å². The highest BCUT2D eigenvalue weighted by Crippen LogP contribution is 2.47.